The van der Waals surface area contributed by atoms with Gasteiger partial charge in [-0.3, -0.25) is 14.4 Å². The van der Waals surface area contributed by atoms with Gasteiger partial charge in [0.05, 0.1) is 5.92 Å². The first-order valence-corrected chi connectivity index (χ1v) is 7.97. The third kappa shape index (κ3) is 3.53. The van der Waals surface area contributed by atoms with Gasteiger partial charge < -0.3 is 15.6 Å². The second-order valence-corrected chi connectivity index (χ2v) is 6.69. The van der Waals surface area contributed by atoms with Crippen LogP contribution < -0.4 is 15.9 Å². The first-order chi connectivity index (χ1) is 9.90. The Balaban J connectivity index is 1.91. The van der Waals surface area contributed by atoms with Gasteiger partial charge in [-0.1, -0.05) is 17.8 Å². The van der Waals surface area contributed by atoms with Crippen LogP contribution in [-0.2, 0) is 16.1 Å². The Hall–Kier alpha value is -1.63. The van der Waals surface area contributed by atoms with Crippen LogP contribution >= 0.6 is 11.3 Å². The van der Waals surface area contributed by atoms with E-state index in [0.717, 1.165) is 29.8 Å². The number of nitrogens with zero attached hydrogens (tertiary/aromatic N) is 1. The number of thiazole rings is 1. The molecule has 2 rings (SSSR count). The molecule has 0 saturated heterocycles. The van der Waals surface area contributed by atoms with Crippen LogP contribution in [-0.4, -0.2) is 22.4 Å². The molecule has 2 atom stereocenters. The number of nitrogens with two attached hydrogens (primary N) is 1. The first-order valence-electron chi connectivity index (χ1n) is 7.15. The zero-order chi connectivity index (χ0) is 15.6. The molecule has 0 unspecified atom stereocenters. The summed E-state index contributed by atoms with van der Waals surface area (Å²) < 4.78 is 1.62. The normalized spacial score (nSPS) is 21.4. The summed E-state index contributed by atoms with van der Waals surface area (Å²) in [7, 11) is 0. The molecule has 3 N–H and O–H groups in total. The van der Waals surface area contributed by atoms with E-state index < -0.39 is 0 Å². The SMILES string of the molecule is Cc1sc(=O)n(CCC(=O)N[C@@H]2CCC[C@H]2C(N)=O)c1C. The number of hydrogen-bond acceptors (Lipinski definition) is 4. The van der Waals surface area contributed by atoms with Crippen LogP contribution in [0.15, 0.2) is 4.79 Å². The van der Waals surface area contributed by atoms with Crippen molar-refractivity contribution in [2.75, 3.05) is 0 Å². The van der Waals surface area contributed by atoms with E-state index in [1.165, 1.54) is 11.3 Å². The van der Waals surface area contributed by atoms with E-state index in [0.29, 0.717) is 6.54 Å². The topological polar surface area (TPSA) is 94.2 Å². The molecule has 1 aromatic heterocycles. The Kier molecular flexibility index (Phi) is 4.82. The Bertz CT molecular complexity index is 605. The number of nitrogens with one attached hydrogen (secondary N) is 1. The largest absolute Gasteiger partial charge is 0.369 e. The number of carbonyl (C=O) groups is 2. The highest BCUT2D eigenvalue weighted by molar-refractivity contribution is 7.09. The van der Waals surface area contributed by atoms with Crippen LogP contribution in [0.5, 0.6) is 0 Å². The maximum Gasteiger partial charge on any atom is 0.307 e. The minimum Gasteiger partial charge on any atom is -0.369 e. The molecule has 1 heterocycles. The van der Waals surface area contributed by atoms with Gasteiger partial charge in [-0.2, -0.15) is 0 Å². The summed E-state index contributed by atoms with van der Waals surface area (Å²) in [6.07, 6.45) is 2.66. The summed E-state index contributed by atoms with van der Waals surface area (Å²) in [6.45, 7) is 4.15. The molecule has 1 saturated carbocycles. The third-order valence-corrected chi connectivity index (χ3v) is 5.16. The molecule has 21 heavy (non-hydrogen) atoms. The van der Waals surface area contributed by atoms with E-state index in [-0.39, 0.29) is 35.1 Å². The van der Waals surface area contributed by atoms with Crippen LogP contribution in [0.1, 0.15) is 36.3 Å². The standard InChI is InChI=1S/C14H21N3O3S/c1-8-9(2)21-14(20)17(8)7-6-12(18)16-11-5-3-4-10(11)13(15)19/h10-11H,3-7H2,1-2H3,(H2,15,19)(H,16,18)/t10-,11-/m1/s1. The van der Waals surface area contributed by atoms with Crippen molar-refractivity contribution in [3.05, 3.63) is 20.2 Å². The lowest BCUT2D eigenvalue weighted by atomic mass is 10.0. The predicted octanol–water partition coefficient (Wildman–Crippen LogP) is 0.687. The minimum absolute atomic E-state index is 0.0336. The Morgan fingerprint density at radius 2 is 2.10 bits per heavy atom. The van der Waals surface area contributed by atoms with Crippen molar-refractivity contribution in [2.24, 2.45) is 11.7 Å². The van der Waals surface area contributed by atoms with Gasteiger partial charge in [0.2, 0.25) is 11.8 Å². The summed E-state index contributed by atoms with van der Waals surface area (Å²) in [6, 6.07) is -0.156. The van der Waals surface area contributed by atoms with E-state index in [1.54, 1.807) is 4.57 Å². The summed E-state index contributed by atoms with van der Waals surface area (Å²) in [4.78, 5) is 36.0. The highest BCUT2D eigenvalue weighted by Gasteiger charge is 2.32. The quantitative estimate of drug-likeness (QED) is 0.837. The first kappa shape index (κ1) is 15.8. The van der Waals surface area contributed by atoms with E-state index in [4.69, 9.17) is 5.73 Å². The molecule has 0 aliphatic heterocycles. The summed E-state index contributed by atoms with van der Waals surface area (Å²) in [5.41, 5.74) is 6.25. The smallest absolute Gasteiger partial charge is 0.307 e. The molecule has 116 valence electrons. The van der Waals surface area contributed by atoms with E-state index >= 15 is 0 Å². The summed E-state index contributed by atoms with van der Waals surface area (Å²) >= 11 is 1.20. The lowest BCUT2D eigenvalue weighted by Gasteiger charge is -2.18. The molecule has 0 radical (unpaired) electrons. The highest BCUT2D eigenvalue weighted by atomic mass is 32.1. The van der Waals surface area contributed by atoms with Crippen molar-refractivity contribution >= 4 is 23.2 Å². The van der Waals surface area contributed by atoms with Gasteiger partial charge in [-0.05, 0) is 26.7 Å². The van der Waals surface area contributed by atoms with Gasteiger partial charge in [0.25, 0.3) is 0 Å². The number of aryl methyl sites for hydroxylation is 1. The molecular weight excluding hydrogens is 290 g/mol. The summed E-state index contributed by atoms with van der Waals surface area (Å²) in [5.74, 6) is -0.747. The lowest BCUT2D eigenvalue weighted by Crippen LogP contribution is -2.42. The molecule has 1 fully saturated rings. The molecule has 1 aliphatic carbocycles. The molecule has 7 heteroatoms. The second kappa shape index (κ2) is 6.43. The number of primary amides is 1. The maximum atomic E-state index is 12.0. The van der Waals surface area contributed by atoms with E-state index in [2.05, 4.69) is 5.32 Å². The number of carbonyl (C=O) groups excluding carboxylic acids is 2. The summed E-state index contributed by atoms with van der Waals surface area (Å²) in [5, 5.41) is 2.87. The molecule has 1 aliphatic rings. The van der Waals surface area contributed by atoms with Gasteiger partial charge >= 0.3 is 4.87 Å². The van der Waals surface area contributed by atoms with Crippen molar-refractivity contribution < 1.29 is 9.59 Å². The van der Waals surface area contributed by atoms with Crippen LogP contribution in [0.2, 0.25) is 0 Å². The fourth-order valence-corrected chi connectivity index (χ4v) is 3.67. The van der Waals surface area contributed by atoms with Gasteiger partial charge in [0.1, 0.15) is 0 Å². The highest BCUT2D eigenvalue weighted by Crippen LogP contribution is 2.25. The number of amides is 2. The molecular formula is C14H21N3O3S. The van der Waals surface area contributed by atoms with Gasteiger partial charge in [-0.15, -0.1) is 0 Å². The Morgan fingerprint density at radius 3 is 2.67 bits per heavy atom. The molecule has 6 nitrogen and oxygen atoms in total. The molecule has 0 spiro atoms. The Morgan fingerprint density at radius 1 is 1.38 bits per heavy atom. The van der Waals surface area contributed by atoms with E-state index in [1.807, 2.05) is 13.8 Å². The fraction of sp³-hybridized carbons (Fsp3) is 0.643. The van der Waals surface area contributed by atoms with Crippen molar-refractivity contribution in [3.8, 4) is 0 Å². The lowest BCUT2D eigenvalue weighted by molar-refractivity contribution is -0.124. The molecule has 0 aromatic carbocycles. The van der Waals surface area contributed by atoms with Gasteiger partial charge in [0.15, 0.2) is 0 Å². The number of aromatic nitrogens is 1. The number of rotatable bonds is 5. The van der Waals surface area contributed by atoms with E-state index in [9.17, 15) is 14.4 Å². The van der Waals surface area contributed by atoms with Gasteiger partial charge in [-0.25, -0.2) is 0 Å². The average molecular weight is 311 g/mol. The fourth-order valence-electron chi connectivity index (χ4n) is 2.81. The second-order valence-electron chi connectivity index (χ2n) is 5.52. The monoisotopic (exact) mass is 311 g/mol. The molecule has 2 amide bonds. The van der Waals surface area contributed by atoms with Crippen LogP contribution in [0, 0.1) is 19.8 Å². The van der Waals surface area contributed by atoms with Crippen LogP contribution in [0.3, 0.4) is 0 Å². The van der Waals surface area contributed by atoms with Crippen LogP contribution in [0.25, 0.3) is 0 Å². The molecule has 1 aromatic rings. The third-order valence-electron chi connectivity index (χ3n) is 4.17. The minimum atomic E-state index is -0.349. The van der Waals surface area contributed by atoms with Crippen molar-refractivity contribution in [2.45, 2.75) is 52.1 Å². The van der Waals surface area contributed by atoms with Gasteiger partial charge in [0, 0.05) is 29.6 Å². The van der Waals surface area contributed by atoms with Crippen molar-refractivity contribution in [3.63, 3.8) is 0 Å². The zero-order valence-corrected chi connectivity index (χ0v) is 13.2. The van der Waals surface area contributed by atoms with Crippen molar-refractivity contribution in [1.29, 1.82) is 0 Å². The maximum absolute atomic E-state index is 12.0. The predicted molar refractivity (Wildman–Crippen MR) is 81.1 cm³/mol. The van der Waals surface area contributed by atoms with Crippen LogP contribution in [0.4, 0.5) is 0 Å². The zero-order valence-electron chi connectivity index (χ0n) is 12.3. The number of hydrogen-bond donors (Lipinski definition) is 2. The average Bonchev–Trinajstić information content (AvgIpc) is 2.94. The molecule has 0 bridgehead atoms. The Labute approximate surface area is 127 Å². The van der Waals surface area contributed by atoms with Crippen molar-refractivity contribution in [1.82, 2.24) is 9.88 Å².